The molecule has 0 aromatic heterocycles. The predicted molar refractivity (Wildman–Crippen MR) is 35.5 cm³/mol. The number of carboxylic acid groups (broad SMARTS) is 1. The van der Waals surface area contributed by atoms with Crippen LogP contribution in [0.15, 0.2) is 12.7 Å². The average molecular weight is 142 g/mol. The Bertz CT molecular complexity index is 168. The van der Waals surface area contributed by atoms with Gasteiger partial charge in [-0.15, -0.1) is 6.58 Å². The molecule has 0 saturated heterocycles. The van der Waals surface area contributed by atoms with Crippen LogP contribution in [-0.4, -0.2) is 21.8 Å². The van der Waals surface area contributed by atoms with E-state index in [2.05, 4.69) is 6.58 Å². The fourth-order valence-electron chi connectivity index (χ4n) is 1.13. The molecule has 0 atom stereocenters. The van der Waals surface area contributed by atoms with Crippen LogP contribution in [0.3, 0.4) is 0 Å². The molecule has 0 amide bonds. The molecule has 2 N–H and O–H groups in total. The molecular weight excluding hydrogens is 132 g/mol. The summed E-state index contributed by atoms with van der Waals surface area (Å²) in [5.74, 6) is -1.20. The van der Waals surface area contributed by atoms with Crippen molar-refractivity contribution in [1.82, 2.24) is 0 Å². The van der Waals surface area contributed by atoms with E-state index in [9.17, 15) is 9.90 Å². The van der Waals surface area contributed by atoms with Gasteiger partial charge in [0.25, 0.3) is 0 Å². The molecule has 0 aromatic rings. The van der Waals surface area contributed by atoms with Crippen molar-refractivity contribution in [2.75, 3.05) is 0 Å². The topological polar surface area (TPSA) is 57.5 Å². The second kappa shape index (κ2) is 2.09. The summed E-state index contributed by atoms with van der Waals surface area (Å²) in [6.07, 6.45) is 2.03. The molecule has 0 heterocycles. The van der Waals surface area contributed by atoms with Gasteiger partial charge in [0.15, 0.2) is 0 Å². The summed E-state index contributed by atoms with van der Waals surface area (Å²) in [5, 5.41) is 17.7. The zero-order chi connectivity index (χ0) is 7.78. The van der Waals surface area contributed by atoms with Crippen LogP contribution in [0.25, 0.3) is 0 Å². The van der Waals surface area contributed by atoms with Gasteiger partial charge in [0.1, 0.15) is 0 Å². The summed E-state index contributed by atoms with van der Waals surface area (Å²) >= 11 is 0. The maximum atomic E-state index is 10.2. The standard InChI is InChI=1S/C7H10O3/c1-2-7(10)3-5(4-7)6(8)9/h2,5,10H,1,3-4H2,(H,8,9). The van der Waals surface area contributed by atoms with Crippen LogP contribution >= 0.6 is 0 Å². The minimum atomic E-state index is -0.900. The van der Waals surface area contributed by atoms with E-state index in [1.165, 1.54) is 6.08 Å². The third-order valence-electron chi connectivity index (χ3n) is 1.93. The van der Waals surface area contributed by atoms with Gasteiger partial charge in [0.05, 0.1) is 11.5 Å². The third kappa shape index (κ3) is 1.04. The first-order valence-corrected chi connectivity index (χ1v) is 3.16. The number of carboxylic acids is 1. The van der Waals surface area contributed by atoms with E-state index in [-0.39, 0.29) is 5.92 Å². The van der Waals surface area contributed by atoms with Gasteiger partial charge in [-0.05, 0) is 12.8 Å². The van der Waals surface area contributed by atoms with Gasteiger partial charge in [-0.3, -0.25) is 4.79 Å². The SMILES string of the molecule is C=CC1(O)CC(C(=O)O)C1. The maximum absolute atomic E-state index is 10.2. The highest BCUT2D eigenvalue weighted by molar-refractivity contribution is 5.71. The highest BCUT2D eigenvalue weighted by Gasteiger charge is 2.43. The van der Waals surface area contributed by atoms with Crippen molar-refractivity contribution in [2.45, 2.75) is 18.4 Å². The van der Waals surface area contributed by atoms with Gasteiger partial charge in [-0.1, -0.05) is 6.08 Å². The predicted octanol–water partition coefficient (Wildman–Crippen LogP) is 0.398. The lowest BCUT2D eigenvalue weighted by molar-refractivity contribution is -0.153. The molecule has 56 valence electrons. The summed E-state index contributed by atoms with van der Waals surface area (Å²) < 4.78 is 0. The number of hydrogen-bond acceptors (Lipinski definition) is 2. The first kappa shape index (κ1) is 7.28. The smallest absolute Gasteiger partial charge is 0.306 e. The average Bonchev–Trinajstić information content (AvgIpc) is 1.80. The Balaban J connectivity index is 2.43. The van der Waals surface area contributed by atoms with Crippen LogP contribution in [0, 0.1) is 5.92 Å². The highest BCUT2D eigenvalue weighted by atomic mass is 16.4. The molecule has 1 rings (SSSR count). The summed E-state index contributed by atoms with van der Waals surface area (Å²) in [7, 11) is 0. The lowest BCUT2D eigenvalue weighted by Crippen LogP contribution is -2.45. The van der Waals surface area contributed by atoms with E-state index in [1.54, 1.807) is 0 Å². The van der Waals surface area contributed by atoms with Crippen molar-refractivity contribution in [3.63, 3.8) is 0 Å². The zero-order valence-corrected chi connectivity index (χ0v) is 5.58. The van der Waals surface area contributed by atoms with Crippen LogP contribution in [0.2, 0.25) is 0 Å². The van der Waals surface area contributed by atoms with Crippen LogP contribution < -0.4 is 0 Å². The minimum absolute atomic E-state index is 0.311. The summed E-state index contributed by atoms with van der Waals surface area (Å²) in [6.45, 7) is 3.41. The normalized spacial score (nSPS) is 38.3. The molecule has 0 aromatic carbocycles. The first-order valence-electron chi connectivity index (χ1n) is 3.16. The van der Waals surface area contributed by atoms with Crippen molar-refractivity contribution >= 4 is 5.97 Å². The molecular formula is C7H10O3. The van der Waals surface area contributed by atoms with Gasteiger partial charge in [0, 0.05) is 0 Å². The van der Waals surface area contributed by atoms with Crippen molar-refractivity contribution in [3.8, 4) is 0 Å². The van der Waals surface area contributed by atoms with Gasteiger partial charge in [0.2, 0.25) is 0 Å². The molecule has 3 heteroatoms. The lowest BCUT2D eigenvalue weighted by Gasteiger charge is -2.38. The summed E-state index contributed by atoms with van der Waals surface area (Å²) in [4.78, 5) is 10.2. The zero-order valence-electron chi connectivity index (χ0n) is 5.58. The number of aliphatic hydroxyl groups is 1. The summed E-state index contributed by atoms with van der Waals surface area (Å²) in [6, 6.07) is 0. The van der Waals surface area contributed by atoms with Crippen LogP contribution in [0.5, 0.6) is 0 Å². The monoisotopic (exact) mass is 142 g/mol. The Morgan fingerprint density at radius 1 is 1.70 bits per heavy atom. The molecule has 1 saturated carbocycles. The summed E-state index contributed by atoms with van der Waals surface area (Å²) in [5.41, 5.74) is -0.900. The van der Waals surface area contributed by atoms with E-state index in [0.717, 1.165) is 0 Å². The largest absolute Gasteiger partial charge is 0.481 e. The Hall–Kier alpha value is -0.830. The van der Waals surface area contributed by atoms with Gasteiger partial charge < -0.3 is 10.2 Å². The van der Waals surface area contributed by atoms with E-state index in [4.69, 9.17) is 5.11 Å². The second-order valence-corrected chi connectivity index (χ2v) is 2.75. The molecule has 0 bridgehead atoms. The lowest BCUT2D eigenvalue weighted by atomic mass is 9.71. The first-order chi connectivity index (χ1) is 4.57. The van der Waals surface area contributed by atoms with Crippen molar-refractivity contribution < 1.29 is 15.0 Å². The van der Waals surface area contributed by atoms with Gasteiger partial charge in [-0.25, -0.2) is 0 Å². The van der Waals surface area contributed by atoms with Gasteiger partial charge in [-0.2, -0.15) is 0 Å². The highest BCUT2D eigenvalue weighted by Crippen LogP contribution is 2.38. The molecule has 0 unspecified atom stereocenters. The Labute approximate surface area is 59.0 Å². The number of rotatable bonds is 2. The number of aliphatic carboxylic acids is 1. The van der Waals surface area contributed by atoms with E-state index in [0.29, 0.717) is 12.8 Å². The molecule has 1 fully saturated rings. The van der Waals surface area contributed by atoms with E-state index >= 15 is 0 Å². The van der Waals surface area contributed by atoms with Crippen molar-refractivity contribution in [1.29, 1.82) is 0 Å². The quantitative estimate of drug-likeness (QED) is 0.548. The molecule has 0 radical (unpaired) electrons. The Morgan fingerprint density at radius 3 is 2.50 bits per heavy atom. The molecule has 1 aliphatic carbocycles. The number of carbonyl (C=O) groups is 1. The van der Waals surface area contributed by atoms with Crippen molar-refractivity contribution in [2.24, 2.45) is 5.92 Å². The second-order valence-electron chi connectivity index (χ2n) is 2.75. The molecule has 3 nitrogen and oxygen atoms in total. The third-order valence-corrected chi connectivity index (χ3v) is 1.93. The maximum Gasteiger partial charge on any atom is 0.306 e. The van der Waals surface area contributed by atoms with Crippen LogP contribution in [0.1, 0.15) is 12.8 Å². The van der Waals surface area contributed by atoms with Crippen LogP contribution in [-0.2, 0) is 4.79 Å². The number of hydrogen-bond donors (Lipinski definition) is 2. The van der Waals surface area contributed by atoms with E-state index in [1.807, 2.05) is 0 Å². The van der Waals surface area contributed by atoms with Crippen LogP contribution in [0.4, 0.5) is 0 Å². The van der Waals surface area contributed by atoms with Crippen molar-refractivity contribution in [3.05, 3.63) is 12.7 Å². The molecule has 1 aliphatic rings. The Kier molecular flexibility index (Phi) is 1.52. The molecule has 10 heavy (non-hydrogen) atoms. The fraction of sp³-hybridized carbons (Fsp3) is 0.571. The Morgan fingerprint density at radius 2 is 2.20 bits per heavy atom. The molecule has 0 spiro atoms. The van der Waals surface area contributed by atoms with Gasteiger partial charge >= 0.3 is 5.97 Å². The molecule has 0 aliphatic heterocycles. The van der Waals surface area contributed by atoms with E-state index < -0.39 is 11.6 Å². The fourth-order valence-corrected chi connectivity index (χ4v) is 1.13. The minimum Gasteiger partial charge on any atom is -0.481 e.